The van der Waals surface area contributed by atoms with Crippen LogP contribution in [0.3, 0.4) is 0 Å². The van der Waals surface area contributed by atoms with Gasteiger partial charge in [-0.25, -0.2) is 9.18 Å². The van der Waals surface area contributed by atoms with Crippen molar-refractivity contribution in [2.45, 2.75) is 32.2 Å². The topological polar surface area (TPSA) is 58.6 Å². The van der Waals surface area contributed by atoms with Gasteiger partial charge < -0.3 is 10.1 Å². The predicted molar refractivity (Wildman–Crippen MR) is 100 cm³/mol. The first-order valence-corrected chi connectivity index (χ1v) is 8.95. The summed E-state index contributed by atoms with van der Waals surface area (Å²) in [4.78, 5) is 26.3. The van der Waals surface area contributed by atoms with E-state index in [0.29, 0.717) is 5.92 Å². The number of amides is 3. The van der Waals surface area contributed by atoms with Gasteiger partial charge in [0.05, 0.1) is 6.54 Å². The fraction of sp³-hybridized carbons (Fsp3) is 0.333. The van der Waals surface area contributed by atoms with Crippen molar-refractivity contribution in [1.29, 1.82) is 0 Å². The highest BCUT2D eigenvalue weighted by atomic mass is 19.1. The highest BCUT2D eigenvalue weighted by Crippen LogP contribution is 2.30. The molecule has 2 aromatic rings. The van der Waals surface area contributed by atoms with E-state index in [4.69, 9.17) is 4.74 Å². The molecule has 1 unspecified atom stereocenters. The Kier molecular flexibility index (Phi) is 5.17. The third-order valence-electron chi connectivity index (χ3n) is 4.84. The zero-order valence-electron chi connectivity index (χ0n) is 15.7. The van der Waals surface area contributed by atoms with E-state index in [1.807, 2.05) is 24.3 Å². The van der Waals surface area contributed by atoms with Crippen LogP contribution in [-0.4, -0.2) is 30.0 Å². The molecule has 2 aromatic carbocycles. The molecule has 27 heavy (non-hydrogen) atoms. The highest BCUT2D eigenvalue weighted by molar-refractivity contribution is 6.07. The Labute approximate surface area is 158 Å². The van der Waals surface area contributed by atoms with Gasteiger partial charge in [-0.15, -0.1) is 0 Å². The standard InChI is InChI=1S/C21H23FN2O3/c1-14(2)15-8-10-16(11-9-15)21(3)19(25)24(20(26)23-21)12-13-27-18-7-5-4-6-17(18)22/h4-11,14H,12-13H2,1-3H3,(H,23,26). The van der Waals surface area contributed by atoms with E-state index >= 15 is 0 Å². The normalized spacial score (nSPS) is 19.5. The third-order valence-corrected chi connectivity index (χ3v) is 4.84. The molecule has 0 aromatic heterocycles. The first-order valence-electron chi connectivity index (χ1n) is 8.95. The molecule has 1 fully saturated rings. The van der Waals surface area contributed by atoms with Gasteiger partial charge in [0.15, 0.2) is 11.6 Å². The molecule has 0 spiro atoms. The second kappa shape index (κ2) is 7.39. The molecular formula is C21H23FN2O3. The van der Waals surface area contributed by atoms with Crippen LogP contribution in [0.15, 0.2) is 48.5 Å². The Morgan fingerprint density at radius 1 is 1.11 bits per heavy atom. The van der Waals surface area contributed by atoms with Crippen molar-refractivity contribution in [2.24, 2.45) is 0 Å². The summed E-state index contributed by atoms with van der Waals surface area (Å²) in [6.07, 6.45) is 0. The summed E-state index contributed by atoms with van der Waals surface area (Å²) in [5, 5.41) is 2.76. The molecule has 1 atom stereocenters. The zero-order valence-corrected chi connectivity index (χ0v) is 15.7. The fourth-order valence-corrected chi connectivity index (χ4v) is 3.11. The summed E-state index contributed by atoms with van der Waals surface area (Å²) in [6, 6.07) is 13.2. The van der Waals surface area contributed by atoms with E-state index in [9.17, 15) is 14.0 Å². The van der Waals surface area contributed by atoms with Crippen LogP contribution in [0.5, 0.6) is 5.75 Å². The second-order valence-corrected chi connectivity index (χ2v) is 7.07. The van der Waals surface area contributed by atoms with Crippen LogP contribution in [0.4, 0.5) is 9.18 Å². The van der Waals surface area contributed by atoms with E-state index in [1.165, 1.54) is 12.1 Å². The Bertz CT molecular complexity index is 851. The van der Waals surface area contributed by atoms with Crippen molar-refractivity contribution in [3.8, 4) is 5.75 Å². The van der Waals surface area contributed by atoms with Crippen molar-refractivity contribution < 1.29 is 18.7 Å². The number of halogens is 1. The van der Waals surface area contributed by atoms with E-state index in [1.54, 1.807) is 19.1 Å². The Balaban J connectivity index is 1.69. The zero-order chi connectivity index (χ0) is 19.6. The highest BCUT2D eigenvalue weighted by Gasteiger charge is 2.48. The summed E-state index contributed by atoms with van der Waals surface area (Å²) >= 11 is 0. The molecule has 1 aliphatic heterocycles. The molecular weight excluding hydrogens is 347 g/mol. The Morgan fingerprint density at radius 3 is 2.41 bits per heavy atom. The third kappa shape index (κ3) is 3.65. The minimum atomic E-state index is -1.12. The summed E-state index contributed by atoms with van der Waals surface area (Å²) in [5.41, 5.74) is 0.766. The number of nitrogens with zero attached hydrogens (tertiary/aromatic N) is 1. The minimum absolute atomic E-state index is 0.0163. The quantitative estimate of drug-likeness (QED) is 0.787. The number of imide groups is 1. The van der Waals surface area contributed by atoms with Crippen molar-refractivity contribution in [2.75, 3.05) is 13.2 Å². The van der Waals surface area contributed by atoms with Crippen molar-refractivity contribution in [3.63, 3.8) is 0 Å². The number of rotatable bonds is 6. The smallest absolute Gasteiger partial charge is 0.325 e. The van der Waals surface area contributed by atoms with Crippen LogP contribution < -0.4 is 10.1 Å². The van der Waals surface area contributed by atoms with Gasteiger partial charge in [0.1, 0.15) is 12.1 Å². The lowest BCUT2D eigenvalue weighted by Gasteiger charge is -2.23. The lowest BCUT2D eigenvalue weighted by molar-refractivity contribution is -0.131. The molecule has 0 radical (unpaired) electrons. The molecule has 1 heterocycles. The van der Waals surface area contributed by atoms with E-state index < -0.39 is 17.4 Å². The fourth-order valence-electron chi connectivity index (χ4n) is 3.11. The van der Waals surface area contributed by atoms with Crippen molar-refractivity contribution in [3.05, 3.63) is 65.5 Å². The molecule has 1 aliphatic rings. The second-order valence-electron chi connectivity index (χ2n) is 7.07. The van der Waals surface area contributed by atoms with Crippen LogP contribution in [0.1, 0.15) is 37.8 Å². The maximum atomic E-state index is 13.6. The van der Waals surface area contributed by atoms with Gasteiger partial charge in [-0.2, -0.15) is 0 Å². The maximum Gasteiger partial charge on any atom is 0.325 e. The number of hydrogen-bond donors (Lipinski definition) is 1. The molecule has 142 valence electrons. The molecule has 3 amide bonds. The average molecular weight is 370 g/mol. The van der Waals surface area contributed by atoms with Gasteiger partial charge in [-0.3, -0.25) is 9.69 Å². The van der Waals surface area contributed by atoms with Gasteiger partial charge in [-0.05, 0) is 36.1 Å². The van der Waals surface area contributed by atoms with Crippen LogP contribution in [0, 0.1) is 5.82 Å². The van der Waals surface area contributed by atoms with E-state index in [-0.39, 0.29) is 24.8 Å². The number of ether oxygens (including phenoxy) is 1. The summed E-state index contributed by atoms with van der Waals surface area (Å²) in [6.45, 7) is 5.93. The van der Waals surface area contributed by atoms with Gasteiger partial charge in [0.25, 0.3) is 5.91 Å². The Hall–Kier alpha value is -2.89. The maximum absolute atomic E-state index is 13.6. The molecule has 1 N–H and O–H groups in total. The van der Waals surface area contributed by atoms with Crippen LogP contribution in [0.2, 0.25) is 0 Å². The van der Waals surface area contributed by atoms with E-state index in [0.717, 1.165) is 16.0 Å². The van der Waals surface area contributed by atoms with Gasteiger partial charge >= 0.3 is 6.03 Å². The average Bonchev–Trinajstić information content (AvgIpc) is 2.87. The number of benzene rings is 2. The monoisotopic (exact) mass is 370 g/mol. The van der Waals surface area contributed by atoms with Crippen molar-refractivity contribution >= 4 is 11.9 Å². The van der Waals surface area contributed by atoms with Crippen LogP contribution >= 0.6 is 0 Å². The molecule has 5 nitrogen and oxygen atoms in total. The molecule has 0 aliphatic carbocycles. The van der Waals surface area contributed by atoms with Crippen LogP contribution in [-0.2, 0) is 10.3 Å². The SMILES string of the molecule is CC(C)c1ccc(C2(C)NC(=O)N(CCOc3ccccc3F)C2=O)cc1. The minimum Gasteiger partial charge on any atom is -0.489 e. The summed E-state index contributed by atoms with van der Waals surface area (Å²) < 4.78 is 19.0. The van der Waals surface area contributed by atoms with Gasteiger partial charge in [-0.1, -0.05) is 50.2 Å². The lowest BCUT2D eigenvalue weighted by Crippen LogP contribution is -2.41. The molecule has 3 rings (SSSR count). The number of nitrogens with one attached hydrogen (secondary N) is 1. The lowest BCUT2D eigenvalue weighted by atomic mass is 9.90. The molecule has 0 saturated carbocycles. The van der Waals surface area contributed by atoms with E-state index in [2.05, 4.69) is 19.2 Å². The number of urea groups is 1. The number of carbonyl (C=O) groups excluding carboxylic acids is 2. The number of carbonyl (C=O) groups is 2. The largest absolute Gasteiger partial charge is 0.489 e. The molecule has 1 saturated heterocycles. The van der Waals surface area contributed by atoms with Crippen LogP contribution in [0.25, 0.3) is 0 Å². The summed E-state index contributed by atoms with van der Waals surface area (Å²) in [5.74, 6) is -0.351. The predicted octanol–water partition coefficient (Wildman–Crippen LogP) is 3.80. The first kappa shape index (κ1) is 18.9. The summed E-state index contributed by atoms with van der Waals surface area (Å²) in [7, 11) is 0. The van der Waals surface area contributed by atoms with Gasteiger partial charge in [0.2, 0.25) is 0 Å². The number of hydrogen-bond acceptors (Lipinski definition) is 3. The number of para-hydroxylation sites is 1. The molecule has 0 bridgehead atoms. The first-order chi connectivity index (χ1) is 12.8. The van der Waals surface area contributed by atoms with Crippen molar-refractivity contribution in [1.82, 2.24) is 10.2 Å². The van der Waals surface area contributed by atoms with Gasteiger partial charge in [0, 0.05) is 0 Å². The Morgan fingerprint density at radius 2 is 1.78 bits per heavy atom. The molecule has 6 heteroatoms.